The molecule has 4 heteroatoms. The Balaban J connectivity index is 2.28. The lowest BCUT2D eigenvalue weighted by atomic mass is 10.0. The van der Waals surface area contributed by atoms with E-state index in [4.69, 9.17) is 5.73 Å². The molecule has 1 atom stereocenters. The molecule has 84 valence electrons. The Hall–Kier alpha value is -0.870. The number of nitrogens with two attached hydrogens (primary N) is 1. The fraction of sp³-hybridized carbons (Fsp3) is 0.545. The van der Waals surface area contributed by atoms with Crippen LogP contribution in [0, 0.1) is 5.92 Å². The summed E-state index contributed by atoms with van der Waals surface area (Å²) in [4.78, 5) is 11.5. The van der Waals surface area contributed by atoms with Crippen molar-refractivity contribution in [1.29, 1.82) is 0 Å². The molecule has 3 nitrogen and oxygen atoms in total. The van der Waals surface area contributed by atoms with Gasteiger partial charge >= 0.3 is 0 Å². The molecule has 0 bridgehead atoms. The first-order valence-electron chi connectivity index (χ1n) is 5.15. The van der Waals surface area contributed by atoms with Crippen molar-refractivity contribution < 1.29 is 4.79 Å². The summed E-state index contributed by atoms with van der Waals surface area (Å²) < 4.78 is 0. The molecule has 0 unspecified atom stereocenters. The molecule has 3 N–H and O–H groups in total. The predicted molar refractivity (Wildman–Crippen MR) is 64.1 cm³/mol. The number of rotatable bonds is 5. The summed E-state index contributed by atoms with van der Waals surface area (Å²) in [5.74, 6) is 0.536. The average molecular weight is 226 g/mol. The molecule has 0 aromatic carbocycles. The van der Waals surface area contributed by atoms with E-state index in [2.05, 4.69) is 19.2 Å². The predicted octanol–water partition coefficient (Wildman–Crippen LogP) is 1.85. The zero-order chi connectivity index (χ0) is 11.3. The molecule has 0 saturated carbocycles. The number of amides is 1. The van der Waals surface area contributed by atoms with E-state index < -0.39 is 0 Å². The van der Waals surface area contributed by atoms with E-state index in [0.29, 0.717) is 12.5 Å². The highest BCUT2D eigenvalue weighted by Gasteiger charge is 2.09. The Morgan fingerprint density at radius 1 is 1.60 bits per heavy atom. The van der Waals surface area contributed by atoms with Gasteiger partial charge in [-0.15, -0.1) is 0 Å². The number of thiophene rings is 1. The van der Waals surface area contributed by atoms with Gasteiger partial charge in [0.1, 0.15) is 0 Å². The van der Waals surface area contributed by atoms with E-state index in [1.807, 2.05) is 16.8 Å². The second kappa shape index (κ2) is 5.88. The lowest BCUT2D eigenvalue weighted by Gasteiger charge is -2.14. The van der Waals surface area contributed by atoms with Crippen molar-refractivity contribution >= 4 is 17.2 Å². The topological polar surface area (TPSA) is 55.1 Å². The van der Waals surface area contributed by atoms with Gasteiger partial charge in [-0.1, -0.05) is 13.8 Å². The summed E-state index contributed by atoms with van der Waals surface area (Å²) in [5, 5.41) is 6.56. The summed E-state index contributed by atoms with van der Waals surface area (Å²) in [6.07, 6.45) is 0.934. The van der Waals surface area contributed by atoms with Crippen LogP contribution >= 0.6 is 11.3 Å². The number of hydrogen-bond donors (Lipinski definition) is 2. The molecule has 0 aliphatic rings. The fourth-order valence-corrected chi connectivity index (χ4v) is 2.04. The normalized spacial score (nSPS) is 12.8. The number of hydrogen-bond acceptors (Lipinski definition) is 3. The van der Waals surface area contributed by atoms with Crippen LogP contribution in [-0.2, 0) is 0 Å². The number of nitrogens with one attached hydrogen (secondary N) is 1. The van der Waals surface area contributed by atoms with Crippen molar-refractivity contribution in [3.63, 3.8) is 0 Å². The molecule has 1 heterocycles. The highest BCUT2D eigenvalue weighted by molar-refractivity contribution is 7.08. The smallest absolute Gasteiger partial charge is 0.252 e. The first-order chi connectivity index (χ1) is 7.09. The van der Waals surface area contributed by atoms with Crippen LogP contribution in [0.1, 0.15) is 30.6 Å². The Bertz CT molecular complexity index is 296. The van der Waals surface area contributed by atoms with Crippen molar-refractivity contribution in [3.8, 4) is 0 Å². The van der Waals surface area contributed by atoms with Crippen LogP contribution in [0.25, 0.3) is 0 Å². The highest BCUT2D eigenvalue weighted by atomic mass is 32.1. The monoisotopic (exact) mass is 226 g/mol. The maximum absolute atomic E-state index is 11.5. The molecule has 1 amide bonds. The molecular weight excluding hydrogens is 208 g/mol. The van der Waals surface area contributed by atoms with Crippen molar-refractivity contribution in [2.45, 2.75) is 26.3 Å². The minimum Gasteiger partial charge on any atom is -0.350 e. The Kier molecular flexibility index (Phi) is 4.78. The molecule has 0 fully saturated rings. The van der Waals surface area contributed by atoms with E-state index in [1.54, 1.807) is 0 Å². The van der Waals surface area contributed by atoms with Crippen LogP contribution in [0.5, 0.6) is 0 Å². The summed E-state index contributed by atoms with van der Waals surface area (Å²) >= 11 is 1.52. The molecule has 15 heavy (non-hydrogen) atoms. The van der Waals surface area contributed by atoms with Crippen molar-refractivity contribution in [1.82, 2.24) is 5.32 Å². The Morgan fingerprint density at radius 3 is 2.87 bits per heavy atom. The SMILES string of the molecule is CC(C)C[C@H](N)CNC(=O)c1ccsc1. The highest BCUT2D eigenvalue weighted by Crippen LogP contribution is 2.06. The maximum atomic E-state index is 11.5. The second-order valence-electron chi connectivity index (χ2n) is 4.11. The number of carbonyl (C=O) groups excluding carboxylic acids is 1. The van der Waals surface area contributed by atoms with E-state index in [0.717, 1.165) is 12.0 Å². The van der Waals surface area contributed by atoms with Gasteiger partial charge in [-0.25, -0.2) is 0 Å². The third kappa shape index (κ3) is 4.44. The standard InChI is InChI=1S/C11H18N2OS/c1-8(2)5-10(12)6-13-11(14)9-3-4-15-7-9/h3-4,7-8,10H,5-6,12H2,1-2H3,(H,13,14)/t10-/m0/s1. The van der Waals surface area contributed by atoms with Crippen molar-refractivity contribution in [2.75, 3.05) is 6.54 Å². The lowest BCUT2D eigenvalue weighted by Crippen LogP contribution is -2.37. The first kappa shape index (κ1) is 12.2. The minimum absolute atomic E-state index is 0.0320. The van der Waals surface area contributed by atoms with Gasteiger partial charge in [0.25, 0.3) is 5.91 Å². The van der Waals surface area contributed by atoms with Gasteiger partial charge in [-0.2, -0.15) is 11.3 Å². The number of carbonyl (C=O) groups is 1. The Morgan fingerprint density at radius 2 is 2.33 bits per heavy atom. The molecule has 0 saturated heterocycles. The van der Waals surface area contributed by atoms with Crippen molar-refractivity contribution in [2.24, 2.45) is 11.7 Å². The van der Waals surface area contributed by atoms with Gasteiger partial charge in [-0.05, 0) is 23.8 Å². The van der Waals surface area contributed by atoms with Gasteiger partial charge < -0.3 is 11.1 Å². The van der Waals surface area contributed by atoms with Crippen LogP contribution in [0.2, 0.25) is 0 Å². The molecule has 0 aliphatic carbocycles. The fourth-order valence-electron chi connectivity index (χ4n) is 1.41. The lowest BCUT2D eigenvalue weighted by molar-refractivity contribution is 0.0950. The minimum atomic E-state index is -0.0320. The summed E-state index contributed by atoms with van der Waals surface area (Å²) in [7, 11) is 0. The zero-order valence-electron chi connectivity index (χ0n) is 9.19. The molecule has 1 aromatic heterocycles. The molecule has 1 rings (SSSR count). The largest absolute Gasteiger partial charge is 0.350 e. The quantitative estimate of drug-likeness (QED) is 0.805. The van der Waals surface area contributed by atoms with Gasteiger partial charge in [0.2, 0.25) is 0 Å². The van der Waals surface area contributed by atoms with E-state index in [1.165, 1.54) is 11.3 Å². The average Bonchev–Trinajstić information content (AvgIpc) is 2.65. The first-order valence-corrected chi connectivity index (χ1v) is 6.10. The van der Waals surface area contributed by atoms with E-state index in [-0.39, 0.29) is 11.9 Å². The zero-order valence-corrected chi connectivity index (χ0v) is 10.0. The van der Waals surface area contributed by atoms with E-state index in [9.17, 15) is 4.79 Å². The summed E-state index contributed by atoms with van der Waals surface area (Å²) in [6.45, 7) is 4.80. The molecule has 0 radical (unpaired) electrons. The molecular formula is C11H18N2OS. The van der Waals surface area contributed by atoms with E-state index >= 15 is 0 Å². The van der Waals surface area contributed by atoms with Gasteiger partial charge in [0.15, 0.2) is 0 Å². The Labute approximate surface area is 94.7 Å². The summed E-state index contributed by atoms with van der Waals surface area (Å²) in [6, 6.07) is 1.86. The van der Waals surface area contributed by atoms with Gasteiger partial charge in [0, 0.05) is 23.5 Å². The van der Waals surface area contributed by atoms with Crippen LogP contribution in [-0.4, -0.2) is 18.5 Å². The van der Waals surface area contributed by atoms with Crippen LogP contribution in [0.3, 0.4) is 0 Å². The van der Waals surface area contributed by atoms with Gasteiger partial charge in [-0.3, -0.25) is 4.79 Å². The molecule has 1 aromatic rings. The van der Waals surface area contributed by atoms with Gasteiger partial charge in [0.05, 0.1) is 0 Å². The molecule has 0 aliphatic heterocycles. The van der Waals surface area contributed by atoms with Crippen LogP contribution in [0.15, 0.2) is 16.8 Å². The van der Waals surface area contributed by atoms with Crippen molar-refractivity contribution in [3.05, 3.63) is 22.4 Å². The third-order valence-electron chi connectivity index (χ3n) is 2.08. The second-order valence-corrected chi connectivity index (χ2v) is 4.89. The van der Waals surface area contributed by atoms with Crippen LogP contribution in [0.4, 0.5) is 0 Å². The molecule has 0 spiro atoms. The maximum Gasteiger partial charge on any atom is 0.252 e. The van der Waals surface area contributed by atoms with Crippen LogP contribution < -0.4 is 11.1 Å². The summed E-state index contributed by atoms with van der Waals surface area (Å²) in [5.41, 5.74) is 6.58. The third-order valence-corrected chi connectivity index (χ3v) is 2.77.